The Bertz CT molecular complexity index is 726. The van der Waals surface area contributed by atoms with Crippen LogP contribution in [-0.4, -0.2) is 32.1 Å². The molecule has 1 fully saturated rings. The van der Waals surface area contributed by atoms with E-state index in [0.29, 0.717) is 11.4 Å². The lowest BCUT2D eigenvalue weighted by Crippen LogP contribution is -2.42. The Kier molecular flexibility index (Phi) is 2.60. The highest BCUT2D eigenvalue weighted by Crippen LogP contribution is 2.40. The van der Waals surface area contributed by atoms with Crippen molar-refractivity contribution < 1.29 is 9.18 Å². The topological polar surface area (TPSA) is 51.0 Å². The first-order valence-electron chi connectivity index (χ1n) is 7.18. The zero-order chi connectivity index (χ0) is 14.6. The van der Waals surface area contributed by atoms with E-state index in [4.69, 9.17) is 0 Å². The first-order chi connectivity index (χ1) is 10.2. The summed E-state index contributed by atoms with van der Waals surface area (Å²) in [5.74, 6) is 1.17. The Morgan fingerprint density at radius 3 is 3.00 bits per heavy atom. The Labute approximate surface area is 121 Å². The third-order valence-corrected chi connectivity index (χ3v) is 4.38. The maximum Gasteiger partial charge on any atom is 0.246 e. The molecule has 0 aliphatic carbocycles. The molecule has 2 atom stereocenters. The summed E-state index contributed by atoms with van der Waals surface area (Å²) in [6, 6.07) is 5.92. The SMILES string of the molecule is C[C@H]1C(=O)N2CCC[C@@H]2c2nnc(-c3cccc(F)c3)n21. The molecule has 2 aromatic rings. The van der Waals surface area contributed by atoms with E-state index in [1.54, 1.807) is 12.1 Å². The van der Waals surface area contributed by atoms with Gasteiger partial charge in [0.15, 0.2) is 11.6 Å². The predicted molar refractivity (Wildman–Crippen MR) is 73.8 cm³/mol. The van der Waals surface area contributed by atoms with Crippen LogP contribution in [0.2, 0.25) is 0 Å². The van der Waals surface area contributed by atoms with Crippen molar-refractivity contribution in [2.24, 2.45) is 0 Å². The van der Waals surface area contributed by atoms with Gasteiger partial charge in [-0.3, -0.25) is 9.36 Å². The third-order valence-electron chi connectivity index (χ3n) is 4.38. The summed E-state index contributed by atoms with van der Waals surface area (Å²) < 4.78 is 15.3. The van der Waals surface area contributed by atoms with Crippen molar-refractivity contribution in [2.75, 3.05) is 6.54 Å². The molecular weight excluding hydrogens is 271 g/mol. The lowest BCUT2D eigenvalue weighted by Gasteiger charge is -2.34. The normalized spacial score (nSPS) is 24.1. The van der Waals surface area contributed by atoms with E-state index in [2.05, 4.69) is 10.2 Å². The minimum Gasteiger partial charge on any atom is -0.331 e. The summed E-state index contributed by atoms with van der Waals surface area (Å²) in [7, 11) is 0. The zero-order valence-electron chi connectivity index (χ0n) is 11.7. The summed E-state index contributed by atoms with van der Waals surface area (Å²) in [5, 5.41) is 8.51. The molecule has 0 unspecified atom stereocenters. The molecule has 0 spiro atoms. The fourth-order valence-corrected chi connectivity index (χ4v) is 3.39. The smallest absolute Gasteiger partial charge is 0.246 e. The average Bonchev–Trinajstić information content (AvgIpc) is 3.11. The van der Waals surface area contributed by atoms with Crippen molar-refractivity contribution in [3.8, 4) is 11.4 Å². The van der Waals surface area contributed by atoms with E-state index in [9.17, 15) is 9.18 Å². The summed E-state index contributed by atoms with van der Waals surface area (Å²) in [6.07, 6.45) is 1.91. The van der Waals surface area contributed by atoms with Gasteiger partial charge in [-0.15, -0.1) is 10.2 Å². The van der Waals surface area contributed by atoms with E-state index in [0.717, 1.165) is 25.2 Å². The number of amides is 1. The van der Waals surface area contributed by atoms with E-state index in [-0.39, 0.29) is 23.8 Å². The van der Waals surface area contributed by atoms with Gasteiger partial charge in [-0.2, -0.15) is 0 Å². The lowest BCUT2D eigenvalue weighted by molar-refractivity contribution is -0.137. The number of halogens is 1. The number of fused-ring (bicyclic) bond motifs is 3. The molecule has 4 rings (SSSR count). The van der Waals surface area contributed by atoms with Crippen LogP contribution < -0.4 is 0 Å². The summed E-state index contributed by atoms with van der Waals surface area (Å²) >= 11 is 0. The number of carbonyl (C=O) groups excluding carboxylic acids is 1. The molecule has 108 valence electrons. The molecule has 1 amide bonds. The Morgan fingerprint density at radius 2 is 2.19 bits per heavy atom. The largest absolute Gasteiger partial charge is 0.331 e. The molecule has 2 aliphatic heterocycles. The van der Waals surface area contributed by atoms with E-state index in [1.165, 1.54) is 12.1 Å². The molecule has 6 heteroatoms. The first kappa shape index (κ1) is 12.5. The summed E-state index contributed by atoms with van der Waals surface area (Å²) in [6.45, 7) is 2.64. The average molecular weight is 286 g/mol. The highest BCUT2D eigenvalue weighted by molar-refractivity contribution is 5.83. The molecular formula is C15H15FN4O. The number of nitrogens with zero attached hydrogens (tertiary/aromatic N) is 4. The Balaban J connectivity index is 1.88. The van der Waals surface area contributed by atoms with Crippen LogP contribution in [-0.2, 0) is 4.79 Å². The highest BCUT2D eigenvalue weighted by atomic mass is 19.1. The molecule has 0 saturated carbocycles. The van der Waals surface area contributed by atoms with Gasteiger partial charge in [0.2, 0.25) is 5.91 Å². The second-order valence-electron chi connectivity index (χ2n) is 5.63. The minimum absolute atomic E-state index is 0.0171. The van der Waals surface area contributed by atoms with Crippen LogP contribution in [0.25, 0.3) is 11.4 Å². The van der Waals surface area contributed by atoms with Crippen LogP contribution in [0, 0.1) is 5.82 Å². The van der Waals surface area contributed by atoms with E-state index < -0.39 is 0 Å². The van der Waals surface area contributed by atoms with Crippen LogP contribution in [0.1, 0.15) is 37.7 Å². The zero-order valence-corrected chi connectivity index (χ0v) is 11.7. The number of carbonyl (C=O) groups is 1. The van der Waals surface area contributed by atoms with Crippen LogP contribution in [0.3, 0.4) is 0 Å². The molecule has 3 heterocycles. The second kappa shape index (κ2) is 4.38. The van der Waals surface area contributed by atoms with Crippen LogP contribution in [0.4, 0.5) is 4.39 Å². The van der Waals surface area contributed by atoms with Gasteiger partial charge in [0.1, 0.15) is 11.9 Å². The maximum absolute atomic E-state index is 13.4. The molecule has 1 aromatic carbocycles. The Hall–Kier alpha value is -2.24. The number of hydrogen-bond acceptors (Lipinski definition) is 3. The van der Waals surface area contributed by atoms with Crippen molar-refractivity contribution in [3.63, 3.8) is 0 Å². The van der Waals surface area contributed by atoms with Crippen molar-refractivity contribution in [1.29, 1.82) is 0 Å². The van der Waals surface area contributed by atoms with Gasteiger partial charge in [0.05, 0.1) is 6.04 Å². The molecule has 2 aliphatic rings. The number of benzene rings is 1. The molecule has 21 heavy (non-hydrogen) atoms. The Morgan fingerprint density at radius 1 is 1.33 bits per heavy atom. The van der Waals surface area contributed by atoms with Crippen molar-refractivity contribution >= 4 is 5.91 Å². The molecule has 0 bridgehead atoms. The highest BCUT2D eigenvalue weighted by Gasteiger charge is 2.42. The molecule has 5 nitrogen and oxygen atoms in total. The number of aromatic nitrogens is 3. The van der Waals surface area contributed by atoms with E-state index >= 15 is 0 Å². The predicted octanol–water partition coefficient (Wildman–Crippen LogP) is 2.32. The van der Waals surface area contributed by atoms with Gasteiger partial charge in [-0.05, 0) is 31.9 Å². The van der Waals surface area contributed by atoms with Crippen molar-refractivity contribution in [1.82, 2.24) is 19.7 Å². The van der Waals surface area contributed by atoms with Gasteiger partial charge in [0.25, 0.3) is 0 Å². The van der Waals surface area contributed by atoms with Gasteiger partial charge >= 0.3 is 0 Å². The van der Waals surface area contributed by atoms with E-state index in [1.807, 2.05) is 16.4 Å². The first-order valence-corrected chi connectivity index (χ1v) is 7.18. The maximum atomic E-state index is 13.4. The second-order valence-corrected chi connectivity index (χ2v) is 5.63. The van der Waals surface area contributed by atoms with Crippen molar-refractivity contribution in [3.05, 3.63) is 35.9 Å². The lowest BCUT2D eigenvalue weighted by atomic mass is 10.1. The van der Waals surface area contributed by atoms with Gasteiger partial charge in [-0.25, -0.2) is 4.39 Å². The molecule has 1 saturated heterocycles. The van der Waals surface area contributed by atoms with Crippen LogP contribution in [0.15, 0.2) is 24.3 Å². The quantitative estimate of drug-likeness (QED) is 0.808. The standard InChI is InChI=1S/C15H15FN4O/c1-9-15(21)19-7-3-6-12(19)14-18-17-13(20(9)14)10-4-2-5-11(16)8-10/h2,4-5,8-9,12H,3,6-7H2,1H3/t9-,12+/m0/s1. The monoisotopic (exact) mass is 286 g/mol. The van der Waals surface area contributed by atoms with Gasteiger partial charge in [-0.1, -0.05) is 12.1 Å². The van der Waals surface area contributed by atoms with Crippen LogP contribution >= 0.6 is 0 Å². The summed E-state index contributed by atoms with van der Waals surface area (Å²) in [4.78, 5) is 14.4. The van der Waals surface area contributed by atoms with Gasteiger partial charge < -0.3 is 4.90 Å². The fraction of sp³-hybridized carbons (Fsp3) is 0.400. The third kappa shape index (κ3) is 1.71. The summed E-state index contributed by atoms with van der Waals surface area (Å²) in [5.41, 5.74) is 0.653. The van der Waals surface area contributed by atoms with Crippen LogP contribution in [0.5, 0.6) is 0 Å². The molecule has 1 aromatic heterocycles. The number of hydrogen-bond donors (Lipinski definition) is 0. The molecule has 0 radical (unpaired) electrons. The van der Waals surface area contributed by atoms with Gasteiger partial charge in [0, 0.05) is 12.1 Å². The molecule has 0 N–H and O–H groups in total. The minimum atomic E-state index is -0.345. The number of rotatable bonds is 1. The van der Waals surface area contributed by atoms with Crippen molar-refractivity contribution in [2.45, 2.75) is 31.8 Å². The fourth-order valence-electron chi connectivity index (χ4n) is 3.39.